The number of Topliss-reactive ketones (excluding diaryl/α,β-unsaturated/α-hetero) is 1. The summed E-state index contributed by atoms with van der Waals surface area (Å²) in [5, 5.41) is 11.8. The molecule has 3 aromatic rings. The summed E-state index contributed by atoms with van der Waals surface area (Å²) in [5.74, 6) is 5.75. The molecule has 0 heterocycles. The second-order valence-electron chi connectivity index (χ2n) is 5.89. The number of methoxy groups -OCH3 is 1. The van der Waals surface area contributed by atoms with E-state index in [4.69, 9.17) is 16.3 Å². The van der Waals surface area contributed by atoms with Gasteiger partial charge in [0, 0.05) is 21.7 Å². The van der Waals surface area contributed by atoms with Crippen molar-refractivity contribution in [1.82, 2.24) is 0 Å². The number of ether oxygens (including phenoxy) is 1. The maximum absolute atomic E-state index is 13.1. The lowest BCUT2D eigenvalue weighted by Crippen LogP contribution is -2.34. The van der Waals surface area contributed by atoms with E-state index in [9.17, 15) is 9.90 Å². The number of halogens is 1. The quantitative estimate of drug-likeness (QED) is 0.539. The molecule has 3 aromatic carbocycles. The first kappa shape index (κ1) is 18.7. The van der Waals surface area contributed by atoms with E-state index in [1.165, 1.54) is 0 Å². The van der Waals surface area contributed by atoms with Gasteiger partial charge in [-0.05, 0) is 54.5 Å². The molecule has 0 saturated carbocycles. The lowest BCUT2D eigenvalue weighted by atomic mass is 9.86. The highest BCUT2D eigenvalue weighted by molar-refractivity contribution is 6.30. The maximum atomic E-state index is 13.1. The van der Waals surface area contributed by atoms with Gasteiger partial charge in [0.15, 0.2) is 0 Å². The third-order valence-corrected chi connectivity index (χ3v) is 4.36. The first-order valence-electron chi connectivity index (χ1n) is 8.28. The molecule has 134 valence electrons. The van der Waals surface area contributed by atoms with Crippen LogP contribution in [-0.4, -0.2) is 18.0 Å². The van der Waals surface area contributed by atoms with Crippen molar-refractivity contribution < 1.29 is 14.6 Å². The summed E-state index contributed by atoms with van der Waals surface area (Å²) in [5.41, 5.74) is -0.617. The van der Waals surface area contributed by atoms with Gasteiger partial charge in [-0.1, -0.05) is 47.9 Å². The van der Waals surface area contributed by atoms with E-state index in [0.29, 0.717) is 27.5 Å². The van der Waals surface area contributed by atoms with Gasteiger partial charge >= 0.3 is 0 Å². The molecule has 0 amide bonds. The minimum absolute atomic E-state index is 0.329. The molecule has 0 radical (unpaired) electrons. The molecule has 0 saturated heterocycles. The molecular weight excluding hydrogens is 360 g/mol. The standard InChI is InChI=1S/C23H17ClO3/c1-27-21-13-7-18(8-14-21)22(25)23(26,19-9-11-20(24)12-10-19)16-15-17-5-3-2-4-6-17/h2-14,26H,1H3/t23-/m1/s1. The Morgan fingerprint density at radius 3 is 2.19 bits per heavy atom. The number of hydrogen-bond acceptors (Lipinski definition) is 3. The van der Waals surface area contributed by atoms with Crippen molar-refractivity contribution in [1.29, 1.82) is 0 Å². The molecule has 0 fully saturated rings. The molecule has 1 N–H and O–H groups in total. The summed E-state index contributed by atoms with van der Waals surface area (Å²) in [6, 6.07) is 22.2. The van der Waals surface area contributed by atoms with Crippen LogP contribution in [-0.2, 0) is 5.60 Å². The van der Waals surface area contributed by atoms with E-state index >= 15 is 0 Å². The third-order valence-electron chi connectivity index (χ3n) is 4.10. The van der Waals surface area contributed by atoms with Crippen LogP contribution < -0.4 is 4.74 Å². The summed E-state index contributed by atoms with van der Waals surface area (Å²) in [4.78, 5) is 13.1. The number of carbonyl (C=O) groups is 1. The predicted octanol–water partition coefficient (Wildman–Crippen LogP) is 4.47. The van der Waals surface area contributed by atoms with Crippen LogP contribution in [0.5, 0.6) is 5.75 Å². The zero-order chi connectivity index (χ0) is 19.3. The monoisotopic (exact) mass is 376 g/mol. The molecule has 3 rings (SSSR count). The van der Waals surface area contributed by atoms with Crippen molar-refractivity contribution >= 4 is 17.4 Å². The Kier molecular flexibility index (Phi) is 5.61. The molecule has 0 aliphatic carbocycles. The number of ketones is 1. The first-order chi connectivity index (χ1) is 13.0. The molecule has 1 atom stereocenters. The van der Waals surface area contributed by atoms with Crippen molar-refractivity contribution in [3.63, 3.8) is 0 Å². The van der Waals surface area contributed by atoms with Crippen molar-refractivity contribution in [3.8, 4) is 17.6 Å². The number of rotatable bonds is 4. The van der Waals surface area contributed by atoms with Gasteiger partial charge in [0.05, 0.1) is 7.11 Å². The molecule has 0 aliphatic rings. The smallest absolute Gasteiger partial charge is 0.215 e. The topological polar surface area (TPSA) is 46.5 Å². The van der Waals surface area contributed by atoms with E-state index in [-0.39, 0.29) is 0 Å². The lowest BCUT2D eigenvalue weighted by molar-refractivity contribution is 0.0554. The molecule has 0 unspecified atom stereocenters. The highest BCUT2D eigenvalue weighted by atomic mass is 35.5. The fourth-order valence-electron chi connectivity index (χ4n) is 2.59. The number of aliphatic hydroxyl groups is 1. The van der Waals surface area contributed by atoms with Gasteiger partial charge in [0.1, 0.15) is 5.75 Å². The Balaban J connectivity index is 2.07. The molecular formula is C23H17ClO3. The van der Waals surface area contributed by atoms with Crippen molar-refractivity contribution in [3.05, 3.63) is 101 Å². The molecule has 3 nitrogen and oxygen atoms in total. The fraction of sp³-hybridized carbons (Fsp3) is 0.0870. The Morgan fingerprint density at radius 2 is 1.59 bits per heavy atom. The highest BCUT2D eigenvalue weighted by Gasteiger charge is 2.37. The van der Waals surface area contributed by atoms with E-state index in [1.54, 1.807) is 55.6 Å². The van der Waals surface area contributed by atoms with Gasteiger partial charge in [-0.25, -0.2) is 0 Å². The van der Waals surface area contributed by atoms with Crippen LogP contribution in [0.3, 0.4) is 0 Å². The second kappa shape index (κ2) is 8.09. The van der Waals surface area contributed by atoms with Crippen LogP contribution in [0.25, 0.3) is 0 Å². The Morgan fingerprint density at radius 1 is 0.963 bits per heavy atom. The van der Waals surface area contributed by atoms with Crippen molar-refractivity contribution in [2.24, 2.45) is 0 Å². The fourth-order valence-corrected chi connectivity index (χ4v) is 2.71. The average Bonchev–Trinajstić information content (AvgIpc) is 2.73. The van der Waals surface area contributed by atoms with Gasteiger partial charge in [-0.15, -0.1) is 0 Å². The minimum atomic E-state index is -2.00. The van der Waals surface area contributed by atoms with Crippen LogP contribution in [0.1, 0.15) is 21.5 Å². The van der Waals surface area contributed by atoms with E-state index in [2.05, 4.69) is 11.8 Å². The molecule has 0 aromatic heterocycles. The van der Waals surface area contributed by atoms with Gasteiger partial charge < -0.3 is 9.84 Å². The summed E-state index contributed by atoms with van der Waals surface area (Å²) in [6.45, 7) is 0. The normalized spacial score (nSPS) is 12.4. The summed E-state index contributed by atoms with van der Waals surface area (Å²) in [6.07, 6.45) is 0. The van der Waals surface area contributed by atoms with E-state index < -0.39 is 11.4 Å². The van der Waals surface area contributed by atoms with Gasteiger partial charge in [0.2, 0.25) is 11.4 Å². The van der Waals surface area contributed by atoms with Crippen LogP contribution in [0, 0.1) is 11.8 Å². The van der Waals surface area contributed by atoms with Gasteiger partial charge in [-0.2, -0.15) is 0 Å². The van der Waals surface area contributed by atoms with Gasteiger partial charge in [0.25, 0.3) is 0 Å². The first-order valence-corrected chi connectivity index (χ1v) is 8.66. The largest absolute Gasteiger partial charge is 0.497 e. The molecule has 27 heavy (non-hydrogen) atoms. The highest BCUT2D eigenvalue weighted by Crippen LogP contribution is 2.28. The average molecular weight is 377 g/mol. The number of benzene rings is 3. The van der Waals surface area contributed by atoms with Crippen LogP contribution in [0.2, 0.25) is 5.02 Å². The number of hydrogen-bond donors (Lipinski definition) is 1. The molecule has 0 bridgehead atoms. The second-order valence-corrected chi connectivity index (χ2v) is 6.33. The van der Waals surface area contributed by atoms with Crippen LogP contribution >= 0.6 is 11.6 Å². The SMILES string of the molecule is COc1ccc(C(=O)[C@@](O)(C#Cc2ccccc2)c2ccc(Cl)cc2)cc1. The Labute approximate surface area is 163 Å². The molecule has 0 spiro atoms. The number of carbonyl (C=O) groups excluding carboxylic acids is 1. The zero-order valence-corrected chi connectivity index (χ0v) is 15.4. The summed E-state index contributed by atoms with van der Waals surface area (Å²) in [7, 11) is 1.55. The minimum Gasteiger partial charge on any atom is -0.497 e. The zero-order valence-electron chi connectivity index (χ0n) is 14.6. The maximum Gasteiger partial charge on any atom is 0.215 e. The van der Waals surface area contributed by atoms with E-state index in [0.717, 1.165) is 0 Å². The summed E-state index contributed by atoms with van der Waals surface area (Å²) < 4.78 is 5.12. The lowest BCUT2D eigenvalue weighted by Gasteiger charge is -2.21. The summed E-state index contributed by atoms with van der Waals surface area (Å²) >= 11 is 5.95. The van der Waals surface area contributed by atoms with Crippen molar-refractivity contribution in [2.45, 2.75) is 5.60 Å². The van der Waals surface area contributed by atoms with Crippen molar-refractivity contribution in [2.75, 3.05) is 7.11 Å². The van der Waals surface area contributed by atoms with Gasteiger partial charge in [-0.3, -0.25) is 4.79 Å². The van der Waals surface area contributed by atoms with E-state index in [1.807, 2.05) is 30.3 Å². The van der Waals surface area contributed by atoms with Crippen LogP contribution in [0.4, 0.5) is 0 Å². The van der Waals surface area contributed by atoms with Crippen LogP contribution in [0.15, 0.2) is 78.9 Å². The molecule has 4 heteroatoms. The Bertz CT molecular complexity index is 984. The Hall–Kier alpha value is -3.06. The third kappa shape index (κ3) is 4.20. The molecule has 0 aliphatic heterocycles. The predicted molar refractivity (Wildman–Crippen MR) is 106 cm³/mol.